The minimum absolute atomic E-state index is 0.0473. The van der Waals surface area contributed by atoms with Crippen LogP contribution in [0.25, 0.3) is 10.8 Å². The summed E-state index contributed by atoms with van der Waals surface area (Å²) in [4.78, 5) is 18.7. The van der Waals surface area contributed by atoms with Crippen LogP contribution in [-0.4, -0.2) is 47.6 Å². The summed E-state index contributed by atoms with van der Waals surface area (Å²) in [5.41, 5.74) is 9.27. The van der Waals surface area contributed by atoms with Gasteiger partial charge in [-0.2, -0.15) is 5.10 Å². The number of nitrogens with zero attached hydrogens (tertiary/aromatic N) is 3. The molecule has 3 aromatic rings. The number of pyridine rings is 1. The zero-order valence-electron chi connectivity index (χ0n) is 15.6. The maximum Gasteiger partial charge on any atom is 0.466 e. The Bertz CT molecular complexity index is 1070. The van der Waals surface area contributed by atoms with E-state index < -0.39 is 13.0 Å². The minimum Gasteiger partial charge on any atom is -0.428 e. The zero-order chi connectivity index (χ0) is 19.7. The number of benzene rings is 2. The molecule has 0 saturated heterocycles. The van der Waals surface area contributed by atoms with E-state index in [9.17, 15) is 9.82 Å². The lowest BCUT2D eigenvalue weighted by Crippen LogP contribution is -2.48. The van der Waals surface area contributed by atoms with Crippen molar-refractivity contribution in [3.63, 3.8) is 0 Å². The fourth-order valence-electron chi connectivity index (χ4n) is 3.69. The Morgan fingerprint density at radius 3 is 2.93 bits per heavy atom. The maximum absolute atomic E-state index is 13.1. The van der Waals surface area contributed by atoms with E-state index in [1.54, 1.807) is 19.5 Å². The molecule has 0 radical (unpaired) electrons. The van der Waals surface area contributed by atoms with Crippen LogP contribution in [0.5, 0.6) is 0 Å². The molecule has 0 saturated carbocycles. The van der Waals surface area contributed by atoms with Crippen molar-refractivity contribution >= 4 is 35.3 Å². The van der Waals surface area contributed by atoms with Gasteiger partial charge in [-0.1, -0.05) is 36.4 Å². The van der Waals surface area contributed by atoms with Gasteiger partial charge in [-0.25, -0.2) is 0 Å². The van der Waals surface area contributed by atoms with E-state index in [1.807, 2.05) is 48.7 Å². The van der Waals surface area contributed by atoms with Crippen molar-refractivity contribution < 1.29 is 9.82 Å². The molecule has 3 N–H and O–H groups in total. The van der Waals surface area contributed by atoms with Gasteiger partial charge in [0.2, 0.25) is 0 Å². The highest BCUT2D eigenvalue weighted by atomic mass is 16.2. The van der Waals surface area contributed by atoms with E-state index in [4.69, 9.17) is 5.73 Å². The standard InChI is InChI=1S/C21H21BN4O2/c1-26-22(28)20-4-2-3-17(19(20)13-25-26)18(11-23)21(27)10-14-5-6-16-12-24-8-7-15(16)9-14/h2-9,12-13,18,28H,10-11,23H2,1H3/t18-/m1/s1. The van der Waals surface area contributed by atoms with Crippen molar-refractivity contribution in [1.82, 2.24) is 9.90 Å². The van der Waals surface area contributed by atoms with Crippen LogP contribution in [-0.2, 0) is 11.2 Å². The van der Waals surface area contributed by atoms with Crippen molar-refractivity contribution in [3.8, 4) is 0 Å². The summed E-state index contributed by atoms with van der Waals surface area (Å²) >= 11 is 0. The molecular formula is C21H21BN4O2. The highest BCUT2D eigenvalue weighted by Gasteiger charge is 2.30. The van der Waals surface area contributed by atoms with E-state index in [0.717, 1.165) is 32.9 Å². The molecule has 28 heavy (non-hydrogen) atoms. The third-order valence-corrected chi connectivity index (χ3v) is 5.26. The summed E-state index contributed by atoms with van der Waals surface area (Å²) < 4.78 is 0. The fourth-order valence-corrected chi connectivity index (χ4v) is 3.69. The number of carbonyl (C=O) groups excluding carboxylic acids is 1. The molecule has 1 aromatic heterocycles. The summed E-state index contributed by atoms with van der Waals surface area (Å²) in [6.07, 6.45) is 5.54. The maximum atomic E-state index is 13.1. The van der Waals surface area contributed by atoms with E-state index in [-0.39, 0.29) is 12.3 Å². The van der Waals surface area contributed by atoms with E-state index >= 15 is 0 Å². The van der Waals surface area contributed by atoms with Gasteiger partial charge in [-0.15, -0.1) is 0 Å². The first kappa shape index (κ1) is 18.3. The van der Waals surface area contributed by atoms with Crippen LogP contribution in [0.1, 0.15) is 22.6 Å². The molecule has 2 aromatic carbocycles. The SMILES string of the molecule is CN1N=Cc2c(cccc2[C@@H](CN)C(=O)Cc2ccc3cnccc3c2)B1O. The summed E-state index contributed by atoms with van der Waals surface area (Å²) in [5.74, 6) is -0.406. The minimum atomic E-state index is -0.831. The quantitative estimate of drug-likeness (QED) is 0.654. The Labute approximate surface area is 163 Å². The Balaban J connectivity index is 1.64. The lowest BCUT2D eigenvalue weighted by molar-refractivity contribution is -0.119. The average molecular weight is 372 g/mol. The molecule has 7 heteroatoms. The zero-order valence-corrected chi connectivity index (χ0v) is 15.6. The normalized spacial score (nSPS) is 14.2. The van der Waals surface area contributed by atoms with Gasteiger partial charge in [-0.3, -0.25) is 9.78 Å². The van der Waals surface area contributed by atoms with Gasteiger partial charge < -0.3 is 15.7 Å². The van der Waals surface area contributed by atoms with Gasteiger partial charge >= 0.3 is 7.05 Å². The van der Waals surface area contributed by atoms with Crippen molar-refractivity contribution in [2.75, 3.05) is 13.6 Å². The van der Waals surface area contributed by atoms with Gasteiger partial charge in [0.25, 0.3) is 0 Å². The number of carbonyl (C=O) groups is 1. The monoisotopic (exact) mass is 372 g/mol. The lowest BCUT2D eigenvalue weighted by atomic mass is 9.68. The van der Waals surface area contributed by atoms with Crippen LogP contribution < -0.4 is 11.2 Å². The third kappa shape index (κ3) is 3.30. The van der Waals surface area contributed by atoms with Crippen LogP contribution >= 0.6 is 0 Å². The number of nitrogens with two attached hydrogens (primary N) is 1. The first-order chi connectivity index (χ1) is 13.6. The molecule has 0 spiro atoms. The van der Waals surface area contributed by atoms with E-state index in [0.29, 0.717) is 6.42 Å². The average Bonchev–Trinajstić information content (AvgIpc) is 2.71. The molecule has 0 fully saturated rings. The van der Waals surface area contributed by atoms with Crippen LogP contribution in [0.2, 0.25) is 0 Å². The molecule has 0 amide bonds. The first-order valence-corrected chi connectivity index (χ1v) is 9.21. The molecule has 6 nitrogen and oxygen atoms in total. The molecule has 2 heterocycles. The van der Waals surface area contributed by atoms with E-state index in [1.165, 1.54) is 4.92 Å². The van der Waals surface area contributed by atoms with Gasteiger partial charge in [0, 0.05) is 37.8 Å². The molecule has 140 valence electrons. The second-order valence-corrected chi connectivity index (χ2v) is 7.03. The Morgan fingerprint density at radius 2 is 2.11 bits per heavy atom. The van der Waals surface area contributed by atoms with Crippen LogP contribution in [0.4, 0.5) is 0 Å². The lowest BCUT2D eigenvalue weighted by Gasteiger charge is -2.26. The van der Waals surface area contributed by atoms with Gasteiger partial charge in [0.05, 0.1) is 12.1 Å². The molecule has 1 atom stereocenters. The number of Topliss-reactive ketones (excluding diaryl/α,β-unsaturated/α-hetero) is 1. The van der Waals surface area contributed by atoms with E-state index in [2.05, 4.69) is 10.1 Å². The molecule has 0 unspecified atom stereocenters. The number of ketones is 1. The topological polar surface area (TPSA) is 91.8 Å². The Hall–Kier alpha value is -3.03. The predicted octanol–water partition coefficient (Wildman–Crippen LogP) is 1.06. The summed E-state index contributed by atoms with van der Waals surface area (Å²) in [6.45, 7) is 0.201. The second-order valence-electron chi connectivity index (χ2n) is 7.03. The van der Waals surface area contributed by atoms with Crippen LogP contribution in [0, 0.1) is 0 Å². The number of hydrogen-bond acceptors (Lipinski definition) is 6. The first-order valence-electron chi connectivity index (χ1n) is 9.21. The number of rotatable bonds is 5. The molecule has 0 aliphatic carbocycles. The van der Waals surface area contributed by atoms with Gasteiger partial charge in [-0.05, 0) is 33.6 Å². The number of fused-ring (bicyclic) bond motifs is 2. The summed E-state index contributed by atoms with van der Waals surface area (Å²) in [6, 6.07) is 13.5. The molecule has 4 rings (SSSR count). The largest absolute Gasteiger partial charge is 0.466 e. The van der Waals surface area contributed by atoms with Crippen molar-refractivity contribution in [3.05, 3.63) is 71.5 Å². The second kappa shape index (κ2) is 7.54. The van der Waals surface area contributed by atoms with Gasteiger partial charge in [0.1, 0.15) is 5.78 Å². The summed E-state index contributed by atoms with van der Waals surface area (Å²) in [7, 11) is 0.875. The van der Waals surface area contributed by atoms with Gasteiger partial charge in [0.15, 0.2) is 0 Å². The smallest absolute Gasteiger partial charge is 0.428 e. The predicted molar refractivity (Wildman–Crippen MR) is 112 cm³/mol. The highest BCUT2D eigenvalue weighted by molar-refractivity contribution is 6.65. The number of hydrogen-bond donors (Lipinski definition) is 2. The van der Waals surface area contributed by atoms with Crippen molar-refractivity contribution in [2.24, 2.45) is 10.8 Å². The van der Waals surface area contributed by atoms with Crippen LogP contribution in [0.15, 0.2) is 60.0 Å². The van der Waals surface area contributed by atoms with Crippen molar-refractivity contribution in [1.29, 1.82) is 0 Å². The Kier molecular flexibility index (Phi) is 4.94. The summed E-state index contributed by atoms with van der Waals surface area (Å²) in [5, 5.41) is 16.7. The number of hydrazone groups is 1. The number of aromatic nitrogens is 1. The molecule has 1 aliphatic rings. The Morgan fingerprint density at radius 1 is 1.25 bits per heavy atom. The molecular weight excluding hydrogens is 351 g/mol. The highest BCUT2D eigenvalue weighted by Crippen LogP contribution is 2.23. The van der Waals surface area contributed by atoms with Crippen molar-refractivity contribution in [2.45, 2.75) is 12.3 Å². The fraction of sp³-hybridized carbons (Fsp3) is 0.190. The van der Waals surface area contributed by atoms with Crippen LogP contribution in [0.3, 0.4) is 0 Å². The molecule has 0 bridgehead atoms. The third-order valence-electron chi connectivity index (χ3n) is 5.26. The molecule has 1 aliphatic heterocycles.